The number of imidazole rings is 1. The third kappa shape index (κ3) is 5.96. The molecule has 1 amide bonds. The average Bonchev–Trinajstić information content (AvgIpc) is 3.19. The fraction of sp³-hybridized carbons (Fsp3) is 0.360. The van der Waals surface area contributed by atoms with Gasteiger partial charge < -0.3 is 9.88 Å². The first-order valence-corrected chi connectivity index (χ1v) is 11.2. The van der Waals surface area contributed by atoms with Crippen LogP contribution < -0.4 is 5.32 Å². The van der Waals surface area contributed by atoms with Crippen molar-refractivity contribution < 1.29 is 4.79 Å². The summed E-state index contributed by atoms with van der Waals surface area (Å²) in [7, 11) is 0. The molecule has 2 aromatic carbocycles. The number of amides is 1. The predicted molar refractivity (Wildman–Crippen MR) is 124 cm³/mol. The van der Waals surface area contributed by atoms with Crippen LogP contribution in [-0.4, -0.2) is 33.4 Å². The molecule has 1 aliphatic heterocycles. The van der Waals surface area contributed by atoms with E-state index in [0.717, 1.165) is 55.4 Å². The summed E-state index contributed by atoms with van der Waals surface area (Å²) in [5, 5.41) is 3.89. The first-order valence-electron chi connectivity index (χ1n) is 10.9. The molecule has 1 aromatic heterocycles. The van der Waals surface area contributed by atoms with Crippen molar-refractivity contribution in [2.45, 2.75) is 39.4 Å². The monoisotopic (exact) mass is 436 g/mol. The second-order valence-electron chi connectivity index (χ2n) is 8.31. The smallest absolute Gasteiger partial charge is 0.223 e. The molecule has 1 saturated heterocycles. The highest BCUT2D eigenvalue weighted by atomic mass is 35.5. The topological polar surface area (TPSA) is 50.2 Å². The van der Waals surface area contributed by atoms with E-state index in [1.54, 1.807) is 0 Å². The van der Waals surface area contributed by atoms with Gasteiger partial charge in [-0.1, -0.05) is 48.0 Å². The normalized spacial score (nSPS) is 15.2. The minimum atomic E-state index is 0.102. The number of likely N-dealkylation sites (tertiary alicyclic amines) is 1. The highest BCUT2D eigenvalue weighted by Gasteiger charge is 2.24. The Morgan fingerprint density at radius 1 is 1.00 bits per heavy atom. The molecule has 0 spiro atoms. The summed E-state index contributed by atoms with van der Waals surface area (Å²) in [5.74, 6) is 1.28. The number of piperidine rings is 1. The molecule has 0 saturated carbocycles. The fourth-order valence-electron chi connectivity index (χ4n) is 4.06. The molecule has 5 nitrogen and oxygen atoms in total. The zero-order valence-corrected chi connectivity index (χ0v) is 18.7. The van der Waals surface area contributed by atoms with Crippen LogP contribution in [0.2, 0.25) is 5.02 Å². The Bertz CT molecular complexity index is 989. The number of carbonyl (C=O) groups is 1. The Morgan fingerprint density at radius 3 is 2.26 bits per heavy atom. The lowest BCUT2D eigenvalue weighted by molar-refractivity contribution is -0.126. The summed E-state index contributed by atoms with van der Waals surface area (Å²) < 4.78 is 2.12. The maximum atomic E-state index is 12.6. The van der Waals surface area contributed by atoms with E-state index in [0.29, 0.717) is 6.54 Å². The van der Waals surface area contributed by atoms with Crippen LogP contribution in [0.1, 0.15) is 35.4 Å². The van der Waals surface area contributed by atoms with Crippen molar-refractivity contribution in [1.29, 1.82) is 0 Å². The summed E-state index contributed by atoms with van der Waals surface area (Å²) in [6, 6.07) is 16.4. The Morgan fingerprint density at radius 2 is 1.61 bits per heavy atom. The van der Waals surface area contributed by atoms with E-state index >= 15 is 0 Å². The Balaban J connectivity index is 1.20. The Hall–Kier alpha value is -2.63. The largest absolute Gasteiger partial charge is 0.352 e. The predicted octanol–water partition coefficient (Wildman–Crippen LogP) is 4.42. The number of hydrogen-bond donors (Lipinski definition) is 1. The van der Waals surface area contributed by atoms with Crippen LogP contribution in [0, 0.1) is 12.8 Å². The molecule has 6 heteroatoms. The van der Waals surface area contributed by atoms with Gasteiger partial charge in [-0.05, 0) is 61.7 Å². The van der Waals surface area contributed by atoms with E-state index in [9.17, 15) is 4.79 Å². The zero-order chi connectivity index (χ0) is 21.6. The molecule has 1 fully saturated rings. The minimum Gasteiger partial charge on any atom is -0.352 e. The number of hydrogen-bond acceptors (Lipinski definition) is 3. The van der Waals surface area contributed by atoms with Crippen molar-refractivity contribution in [3.05, 3.63) is 88.5 Å². The van der Waals surface area contributed by atoms with E-state index in [1.165, 1.54) is 11.1 Å². The Kier molecular flexibility index (Phi) is 7.05. The van der Waals surface area contributed by atoms with Crippen LogP contribution in [0.4, 0.5) is 0 Å². The van der Waals surface area contributed by atoms with Gasteiger partial charge in [0.15, 0.2) is 0 Å². The average molecular weight is 437 g/mol. The summed E-state index contributed by atoms with van der Waals surface area (Å²) in [6.45, 7) is 6.20. The zero-order valence-electron chi connectivity index (χ0n) is 17.9. The van der Waals surface area contributed by atoms with Gasteiger partial charge >= 0.3 is 0 Å². The highest BCUT2D eigenvalue weighted by Crippen LogP contribution is 2.20. The molecular formula is C25H29ClN4O. The SMILES string of the molecule is Cc1nccn1Cc1ccc(CNC(=O)C2CCN(Cc3ccc(Cl)cc3)CC2)cc1. The third-order valence-electron chi connectivity index (χ3n) is 6.04. The van der Waals surface area contributed by atoms with E-state index in [2.05, 4.69) is 56.2 Å². The first kappa shape index (κ1) is 21.6. The van der Waals surface area contributed by atoms with E-state index in [1.807, 2.05) is 31.5 Å². The quantitative estimate of drug-likeness (QED) is 0.596. The van der Waals surface area contributed by atoms with E-state index in [4.69, 9.17) is 11.6 Å². The second-order valence-corrected chi connectivity index (χ2v) is 8.75. The van der Waals surface area contributed by atoms with Gasteiger partial charge in [-0.3, -0.25) is 9.69 Å². The number of halogens is 1. The van der Waals surface area contributed by atoms with Gasteiger partial charge in [-0.15, -0.1) is 0 Å². The molecule has 162 valence electrons. The molecule has 2 heterocycles. The minimum absolute atomic E-state index is 0.102. The van der Waals surface area contributed by atoms with Crippen molar-refractivity contribution in [1.82, 2.24) is 19.8 Å². The molecule has 0 atom stereocenters. The number of rotatable bonds is 7. The lowest BCUT2D eigenvalue weighted by atomic mass is 9.95. The third-order valence-corrected chi connectivity index (χ3v) is 6.30. The number of benzene rings is 2. The van der Waals surface area contributed by atoms with Gasteiger partial charge in [0.1, 0.15) is 5.82 Å². The second kappa shape index (κ2) is 10.1. The van der Waals surface area contributed by atoms with Crippen LogP contribution in [-0.2, 0) is 24.4 Å². The van der Waals surface area contributed by atoms with Gasteiger partial charge in [0.2, 0.25) is 5.91 Å². The molecule has 0 radical (unpaired) electrons. The lowest BCUT2D eigenvalue weighted by Gasteiger charge is -2.31. The van der Waals surface area contributed by atoms with Crippen LogP contribution in [0.25, 0.3) is 0 Å². The summed E-state index contributed by atoms with van der Waals surface area (Å²) in [4.78, 5) is 19.3. The van der Waals surface area contributed by atoms with Crippen LogP contribution >= 0.6 is 11.6 Å². The van der Waals surface area contributed by atoms with Crippen molar-refractivity contribution in [2.24, 2.45) is 5.92 Å². The maximum Gasteiger partial charge on any atom is 0.223 e. The molecule has 1 N–H and O–H groups in total. The molecule has 0 aliphatic carbocycles. The van der Waals surface area contributed by atoms with Crippen molar-refractivity contribution in [3.8, 4) is 0 Å². The lowest BCUT2D eigenvalue weighted by Crippen LogP contribution is -2.40. The highest BCUT2D eigenvalue weighted by molar-refractivity contribution is 6.30. The van der Waals surface area contributed by atoms with Crippen molar-refractivity contribution >= 4 is 17.5 Å². The first-order chi connectivity index (χ1) is 15.1. The maximum absolute atomic E-state index is 12.6. The summed E-state index contributed by atoms with van der Waals surface area (Å²) >= 11 is 5.96. The molecule has 3 aromatic rings. The van der Waals surface area contributed by atoms with Crippen LogP contribution in [0.15, 0.2) is 60.9 Å². The number of nitrogens with zero attached hydrogens (tertiary/aromatic N) is 3. The van der Waals surface area contributed by atoms with Gasteiger partial charge in [0.25, 0.3) is 0 Å². The Labute approximate surface area is 189 Å². The molecule has 31 heavy (non-hydrogen) atoms. The molecule has 0 bridgehead atoms. The molecule has 0 unspecified atom stereocenters. The van der Waals surface area contributed by atoms with Gasteiger partial charge in [-0.2, -0.15) is 0 Å². The number of nitrogens with one attached hydrogen (secondary N) is 1. The summed E-state index contributed by atoms with van der Waals surface area (Å²) in [5.41, 5.74) is 3.61. The standard InChI is InChI=1S/C25H29ClN4O/c1-19-27-12-15-30(19)18-22-4-2-20(3-5-22)16-28-25(31)23-10-13-29(14-11-23)17-21-6-8-24(26)9-7-21/h2-9,12,15,23H,10-11,13-14,16-18H2,1H3,(H,28,31). The number of carbonyl (C=O) groups excluding carboxylic acids is 1. The molecular weight excluding hydrogens is 408 g/mol. The summed E-state index contributed by atoms with van der Waals surface area (Å²) in [6.07, 6.45) is 5.62. The van der Waals surface area contributed by atoms with Crippen molar-refractivity contribution in [2.75, 3.05) is 13.1 Å². The number of aryl methyl sites for hydroxylation is 1. The van der Waals surface area contributed by atoms with Gasteiger partial charge in [-0.25, -0.2) is 4.98 Å². The van der Waals surface area contributed by atoms with Gasteiger partial charge in [0.05, 0.1) is 0 Å². The molecule has 1 aliphatic rings. The number of aromatic nitrogens is 2. The van der Waals surface area contributed by atoms with E-state index in [-0.39, 0.29) is 11.8 Å². The van der Waals surface area contributed by atoms with Gasteiger partial charge in [0, 0.05) is 43.0 Å². The van der Waals surface area contributed by atoms with Crippen LogP contribution in [0.5, 0.6) is 0 Å². The molecule has 4 rings (SSSR count). The van der Waals surface area contributed by atoms with Crippen LogP contribution in [0.3, 0.4) is 0 Å². The van der Waals surface area contributed by atoms with Crippen molar-refractivity contribution in [3.63, 3.8) is 0 Å². The fourth-order valence-corrected chi connectivity index (χ4v) is 4.19. The van der Waals surface area contributed by atoms with E-state index < -0.39 is 0 Å².